The Morgan fingerprint density at radius 2 is 2.09 bits per heavy atom. The summed E-state index contributed by atoms with van der Waals surface area (Å²) in [6, 6.07) is 12.0. The Morgan fingerprint density at radius 3 is 2.70 bits per heavy atom. The Hall–Kier alpha value is -2.58. The normalized spacial score (nSPS) is 11.0. The number of methoxy groups -OCH3 is 1. The summed E-state index contributed by atoms with van der Waals surface area (Å²) in [6.07, 6.45) is 1.47. The molecule has 1 N–H and O–H groups in total. The fraction of sp³-hybridized carbons (Fsp3) is 0.111. The molecule has 0 aliphatic carbocycles. The number of nitrogens with zero attached hydrogens (tertiary/aromatic N) is 1. The first kappa shape index (κ1) is 16.8. The average Bonchev–Trinajstić information content (AvgIpc) is 2.53. The van der Waals surface area contributed by atoms with Crippen LogP contribution in [0, 0.1) is 18.3 Å². The van der Waals surface area contributed by atoms with Crippen LogP contribution in [0.25, 0.3) is 6.08 Å². The molecule has 116 valence electrons. The van der Waals surface area contributed by atoms with Crippen molar-refractivity contribution in [2.75, 3.05) is 7.11 Å². The third-order valence-corrected chi connectivity index (χ3v) is 3.93. The van der Waals surface area contributed by atoms with Crippen LogP contribution in [0.3, 0.4) is 0 Å². The predicted molar refractivity (Wildman–Crippen MR) is 91.5 cm³/mol. The van der Waals surface area contributed by atoms with Gasteiger partial charge in [0.2, 0.25) is 5.78 Å². The maximum atomic E-state index is 12.5. The van der Waals surface area contributed by atoms with Crippen LogP contribution in [0.4, 0.5) is 0 Å². The number of allylic oxidation sites excluding steroid dienone is 1. The first-order chi connectivity index (χ1) is 11.0. The smallest absolute Gasteiger partial charge is 0.203 e. The molecule has 0 aliphatic rings. The summed E-state index contributed by atoms with van der Waals surface area (Å²) in [5, 5.41) is 19.0. The number of aromatic hydroxyl groups is 1. The molecule has 2 aromatic rings. The lowest BCUT2D eigenvalue weighted by Crippen LogP contribution is -2.02. The van der Waals surface area contributed by atoms with E-state index in [4.69, 9.17) is 4.74 Å². The molecule has 0 unspecified atom stereocenters. The van der Waals surface area contributed by atoms with E-state index in [1.54, 1.807) is 24.3 Å². The molecule has 0 spiro atoms. The van der Waals surface area contributed by atoms with Gasteiger partial charge in [0.25, 0.3) is 0 Å². The number of carbonyl (C=O) groups excluding carboxylic acids is 1. The van der Waals surface area contributed by atoms with E-state index in [-0.39, 0.29) is 22.9 Å². The van der Waals surface area contributed by atoms with E-state index in [0.717, 1.165) is 5.56 Å². The standard InChI is InChI=1S/C18H14BrNO3/c1-11-4-3-5-12(6-11)18(22)14(10-20)7-13-8-17(23-2)16(21)9-15(13)19/h3-9,21H,1-2H3. The highest BCUT2D eigenvalue weighted by Crippen LogP contribution is 2.33. The summed E-state index contributed by atoms with van der Waals surface area (Å²) in [4.78, 5) is 12.5. The van der Waals surface area contributed by atoms with Gasteiger partial charge in [-0.2, -0.15) is 5.26 Å². The number of ketones is 1. The second-order valence-corrected chi connectivity index (χ2v) is 5.77. The molecular formula is C18H14BrNO3. The van der Waals surface area contributed by atoms with Crippen molar-refractivity contribution in [1.82, 2.24) is 0 Å². The largest absolute Gasteiger partial charge is 0.504 e. The number of halogens is 1. The van der Waals surface area contributed by atoms with E-state index < -0.39 is 0 Å². The number of phenols is 1. The van der Waals surface area contributed by atoms with Gasteiger partial charge in [-0.3, -0.25) is 4.79 Å². The number of Topliss-reactive ketones (excluding diaryl/α,β-unsaturated/α-hetero) is 1. The van der Waals surface area contributed by atoms with Crippen LogP contribution in [0.1, 0.15) is 21.5 Å². The zero-order chi connectivity index (χ0) is 17.0. The van der Waals surface area contributed by atoms with Crippen LogP contribution >= 0.6 is 15.9 Å². The molecule has 0 atom stereocenters. The van der Waals surface area contributed by atoms with Crippen LogP contribution in [0.5, 0.6) is 11.5 Å². The molecule has 0 bridgehead atoms. The van der Waals surface area contributed by atoms with Gasteiger partial charge in [-0.15, -0.1) is 0 Å². The van der Waals surface area contributed by atoms with E-state index >= 15 is 0 Å². The van der Waals surface area contributed by atoms with Gasteiger partial charge < -0.3 is 9.84 Å². The maximum absolute atomic E-state index is 12.5. The molecule has 0 fully saturated rings. The van der Waals surface area contributed by atoms with Gasteiger partial charge in [0.15, 0.2) is 11.5 Å². The second-order valence-electron chi connectivity index (χ2n) is 4.91. The van der Waals surface area contributed by atoms with Crippen molar-refractivity contribution in [3.63, 3.8) is 0 Å². The molecule has 0 aliphatic heterocycles. The van der Waals surface area contributed by atoms with E-state index in [9.17, 15) is 15.2 Å². The van der Waals surface area contributed by atoms with Gasteiger partial charge in [0, 0.05) is 10.0 Å². The number of hydrogen-bond acceptors (Lipinski definition) is 4. The van der Waals surface area contributed by atoms with E-state index in [1.165, 1.54) is 19.3 Å². The van der Waals surface area contributed by atoms with Crippen molar-refractivity contribution in [3.05, 3.63) is 63.1 Å². The summed E-state index contributed by atoms with van der Waals surface area (Å²) in [5.41, 5.74) is 1.97. The zero-order valence-corrected chi connectivity index (χ0v) is 14.2. The number of ether oxygens (including phenoxy) is 1. The minimum atomic E-state index is -0.352. The quantitative estimate of drug-likeness (QED) is 0.495. The molecule has 5 heteroatoms. The van der Waals surface area contributed by atoms with Gasteiger partial charge in [0.05, 0.1) is 7.11 Å². The van der Waals surface area contributed by atoms with Crippen molar-refractivity contribution in [1.29, 1.82) is 5.26 Å². The van der Waals surface area contributed by atoms with Crippen molar-refractivity contribution in [2.24, 2.45) is 0 Å². The molecule has 0 radical (unpaired) electrons. The van der Waals surface area contributed by atoms with Gasteiger partial charge in [-0.1, -0.05) is 39.7 Å². The predicted octanol–water partition coefficient (Wildman–Crippen LogP) is 4.26. The monoisotopic (exact) mass is 371 g/mol. The summed E-state index contributed by atoms with van der Waals surface area (Å²) in [5.74, 6) is -0.116. The van der Waals surface area contributed by atoms with Crippen LogP contribution in [-0.4, -0.2) is 18.0 Å². The third kappa shape index (κ3) is 3.79. The first-order valence-electron chi connectivity index (χ1n) is 6.76. The molecular weight excluding hydrogens is 358 g/mol. The summed E-state index contributed by atoms with van der Waals surface area (Å²) >= 11 is 3.30. The Bertz CT molecular complexity index is 835. The molecule has 23 heavy (non-hydrogen) atoms. The lowest BCUT2D eigenvalue weighted by atomic mass is 10.0. The molecule has 2 rings (SSSR count). The topological polar surface area (TPSA) is 70.3 Å². The van der Waals surface area contributed by atoms with Crippen molar-refractivity contribution in [2.45, 2.75) is 6.92 Å². The van der Waals surface area contributed by atoms with Crippen molar-refractivity contribution >= 4 is 27.8 Å². The number of benzene rings is 2. The van der Waals surface area contributed by atoms with Gasteiger partial charge in [-0.05, 0) is 36.8 Å². The summed E-state index contributed by atoms with van der Waals surface area (Å²) < 4.78 is 5.60. The molecule has 0 aromatic heterocycles. The van der Waals surface area contributed by atoms with Gasteiger partial charge in [0.1, 0.15) is 11.6 Å². The Morgan fingerprint density at radius 1 is 1.35 bits per heavy atom. The maximum Gasteiger partial charge on any atom is 0.203 e. The molecule has 0 heterocycles. The fourth-order valence-electron chi connectivity index (χ4n) is 2.08. The lowest BCUT2D eigenvalue weighted by molar-refractivity contribution is 0.104. The number of rotatable bonds is 4. The molecule has 4 nitrogen and oxygen atoms in total. The Balaban J connectivity index is 2.47. The summed E-state index contributed by atoms with van der Waals surface area (Å²) in [7, 11) is 1.43. The lowest BCUT2D eigenvalue weighted by Gasteiger charge is -2.07. The zero-order valence-electron chi connectivity index (χ0n) is 12.6. The van der Waals surface area contributed by atoms with E-state index in [2.05, 4.69) is 15.9 Å². The first-order valence-corrected chi connectivity index (χ1v) is 7.55. The SMILES string of the molecule is COc1cc(C=C(C#N)C(=O)c2cccc(C)c2)c(Br)cc1O. The number of aryl methyl sites for hydroxylation is 1. The van der Waals surface area contributed by atoms with Gasteiger partial charge in [-0.25, -0.2) is 0 Å². The number of phenolic OH excluding ortho intramolecular Hbond substituents is 1. The highest BCUT2D eigenvalue weighted by Gasteiger charge is 2.14. The van der Waals surface area contributed by atoms with Crippen molar-refractivity contribution in [3.8, 4) is 17.6 Å². The summed E-state index contributed by atoms with van der Waals surface area (Å²) in [6.45, 7) is 1.88. The minimum Gasteiger partial charge on any atom is -0.504 e. The van der Waals surface area contributed by atoms with Crippen LogP contribution in [0.15, 0.2) is 46.4 Å². The van der Waals surface area contributed by atoms with Gasteiger partial charge >= 0.3 is 0 Å². The van der Waals surface area contributed by atoms with Crippen LogP contribution in [0.2, 0.25) is 0 Å². The highest BCUT2D eigenvalue weighted by molar-refractivity contribution is 9.10. The van der Waals surface area contributed by atoms with Crippen LogP contribution < -0.4 is 4.74 Å². The van der Waals surface area contributed by atoms with Crippen molar-refractivity contribution < 1.29 is 14.6 Å². The fourth-order valence-corrected chi connectivity index (χ4v) is 2.52. The molecule has 0 saturated carbocycles. The molecule has 0 saturated heterocycles. The average molecular weight is 372 g/mol. The molecule has 0 amide bonds. The number of carbonyl (C=O) groups is 1. The highest BCUT2D eigenvalue weighted by atomic mass is 79.9. The molecule has 2 aromatic carbocycles. The Labute approximate surface area is 142 Å². The number of nitriles is 1. The van der Waals surface area contributed by atoms with Crippen LogP contribution in [-0.2, 0) is 0 Å². The van der Waals surface area contributed by atoms with E-state index in [1.807, 2.05) is 19.1 Å². The van der Waals surface area contributed by atoms with E-state index in [0.29, 0.717) is 15.6 Å². The minimum absolute atomic E-state index is 0.00374. The second kappa shape index (κ2) is 7.12. The third-order valence-electron chi connectivity index (χ3n) is 3.24. The Kier molecular flexibility index (Phi) is 5.20. The number of hydrogen-bond donors (Lipinski definition) is 1.